The molecule has 0 atom stereocenters. The molecule has 23 heavy (non-hydrogen) atoms. The number of hydrogen-bond donors (Lipinski definition) is 2. The van der Waals surface area contributed by atoms with Gasteiger partial charge in [-0.15, -0.1) is 0 Å². The van der Waals surface area contributed by atoms with Crippen LogP contribution in [0.5, 0.6) is 5.88 Å². The van der Waals surface area contributed by atoms with Gasteiger partial charge >= 0.3 is 0 Å². The Balaban J connectivity index is 2.00. The summed E-state index contributed by atoms with van der Waals surface area (Å²) in [5.74, 6) is -0.185. The molecule has 0 saturated heterocycles. The summed E-state index contributed by atoms with van der Waals surface area (Å²) in [5.41, 5.74) is 2.49. The second-order valence-corrected chi connectivity index (χ2v) is 5.07. The highest BCUT2D eigenvalue weighted by Crippen LogP contribution is 2.29. The third-order valence-electron chi connectivity index (χ3n) is 3.71. The van der Waals surface area contributed by atoms with Crippen LogP contribution in [0, 0.1) is 0 Å². The quantitative estimate of drug-likeness (QED) is 0.596. The molecule has 0 spiro atoms. The van der Waals surface area contributed by atoms with Gasteiger partial charge in [-0.3, -0.25) is 9.78 Å². The molecule has 3 heterocycles. The minimum atomic E-state index is -0.364. The molecule has 0 aliphatic heterocycles. The van der Waals surface area contributed by atoms with Gasteiger partial charge in [0.2, 0.25) is 5.88 Å². The molecule has 4 aromatic rings. The maximum absolute atomic E-state index is 12.5. The van der Waals surface area contributed by atoms with Gasteiger partial charge in [-0.2, -0.15) is 9.61 Å². The number of H-pyrrole nitrogens is 1. The second-order valence-electron chi connectivity index (χ2n) is 5.07. The normalized spacial score (nSPS) is 11.0. The number of nitrogens with one attached hydrogen (secondary N) is 1. The molecule has 0 saturated carbocycles. The van der Waals surface area contributed by atoms with E-state index >= 15 is 0 Å². The number of aromatic hydroxyl groups is 1. The summed E-state index contributed by atoms with van der Waals surface area (Å²) in [6.45, 7) is 0. The fourth-order valence-electron chi connectivity index (χ4n) is 2.61. The molecular formula is C17H12N4O2. The molecular weight excluding hydrogens is 292 g/mol. The van der Waals surface area contributed by atoms with Crippen molar-refractivity contribution in [3.63, 3.8) is 0 Å². The van der Waals surface area contributed by atoms with E-state index in [4.69, 9.17) is 0 Å². The van der Waals surface area contributed by atoms with Crippen LogP contribution in [0.2, 0.25) is 0 Å². The van der Waals surface area contributed by atoms with E-state index in [2.05, 4.69) is 15.1 Å². The highest BCUT2D eigenvalue weighted by molar-refractivity contribution is 5.79. The molecule has 0 aliphatic rings. The Hall–Kier alpha value is -3.41. The number of aromatic amines is 1. The van der Waals surface area contributed by atoms with Crippen LogP contribution < -0.4 is 5.56 Å². The first-order chi connectivity index (χ1) is 11.3. The predicted molar refractivity (Wildman–Crippen MR) is 86.1 cm³/mol. The van der Waals surface area contributed by atoms with Crippen LogP contribution in [0.4, 0.5) is 0 Å². The van der Waals surface area contributed by atoms with Crippen molar-refractivity contribution in [3.05, 3.63) is 71.4 Å². The van der Waals surface area contributed by atoms with E-state index in [1.165, 1.54) is 4.52 Å². The smallest absolute Gasteiger partial charge is 0.262 e. The van der Waals surface area contributed by atoms with Crippen molar-refractivity contribution in [2.75, 3.05) is 0 Å². The highest BCUT2D eigenvalue weighted by Gasteiger charge is 2.17. The molecule has 0 aliphatic carbocycles. The summed E-state index contributed by atoms with van der Waals surface area (Å²) in [4.78, 5) is 19.3. The summed E-state index contributed by atoms with van der Waals surface area (Å²) in [5, 5.41) is 14.7. The molecule has 0 radical (unpaired) electrons. The Morgan fingerprint density at radius 3 is 2.48 bits per heavy atom. The van der Waals surface area contributed by atoms with Crippen molar-refractivity contribution in [1.82, 2.24) is 19.6 Å². The summed E-state index contributed by atoms with van der Waals surface area (Å²) in [6, 6.07) is 12.6. The van der Waals surface area contributed by atoms with Crippen molar-refractivity contribution in [3.8, 4) is 28.1 Å². The predicted octanol–water partition coefficient (Wildman–Crippen LogP) is 2.46. The zero-order valence-electron chi connectivity index (χ0n) is 12.0. The topological polar surface area (TPSA) is 83.3 Å². The summed E-state index contributed by atoms with van der Waals surface area (Å²) < 4.78 is 1.33. The summed E-state index contributed by atoms with van der Waals surface area (Å²) in [6.07, 6.45) is 4.93. The van der Waals surface area contributed by atoms with E-state index in [1.54, 1.807) is 30.7 Å². The Morgan fingerprint density at radius 1 is 1.00 bits per heavy atom. The van der Waals surface area contributed by atoms with Crippen molar-refractivity contribution in [1.29, 1.82) is 0 Å². The van der Waals surface area contributed by atoms with Crippen molar-refractivity contribution >= 4 is 5.65 Å². The minimum absolute atomic E-state index is 0.185. The average molecular weight is 304 g/mol. The van der Waals surface area contributed by atoms with Crippen LogP contribution in [-0.2, 0) is 0 Å². The van der Waals surface area contributed by atoms with E-state index in [1.807, 2.05) is 30.3 Å². The minimum Gasteiger partial charge on any atom is -0.493 e. The van der Waals surface area contributed by atoms with E-state index in [-0.39, 0.29) is 17.0 Å². The first-order valence-corrected chi connectivity index (χ1v) is 7.04. The van der Waals surface area contributed by atoms with Crippen LogP contribution in [0.25, 0.3) is 27.9 Å². The van der Waals surface area contributed by atoms with Gasteiger partial charge in [-0.05, 0) is 23.3 Å². The number of benzene rings is 1. The fraction of sp³-hybridized carbons (Fsp3) is 0. The lowest BCUT2D eigenvalue weighted by molar-refractivity contribution is 0.437. The number of hydrogen-bond acceptors (Lipinski definition) is 4. The van der Waals surface area contributed by atoms with Gasteiger partial charge in [-0.1, -0.05) is 30.3 Å². The van der Waals surface area contributed by atoms with Crippen LogP contribution in [0.1, 0.15) is 0 Å². The lowest BCUT2D eigenvalue weighted by atomic mass is 10.1. The summed E-state index contributed by atoms with van der Waals surface area (Å²) >= 11 is 0. The van der Waals surface area contributed by atoms with Gasteiger partial charge in [0.05, 0.1) is 6.20 Å². The molecule has 0 amide bonds. The molecule has 112 valence electrons. The Bertz CT molecular complexity index is 1040. The monoisotopic (exact) mass is 304 g/mol. The SMILES string of the molecule is O=c1[nH]c2c(-c3ccncc3)cnn2c(O)c1-c1ccccc1. The zero-order valence-corrected chi connectivity index (χ0v) is 12.0. The van der Waals surface area contributed by atoms with Crippen LogP contribution in [-0.4, -0.2) is 24.7 Å². The second kappa shape index (κ2) is 5.10. The maximum atomic E-state index is 12.5. The van der Waals surface area contributed by atoms with Crippen LogP contribution in [0.3, 0.4) is 0 Å². The first-order valence-electron chi connectivity index (χ1n) is 7.04. The lowest BCUT2D eigenvalue weighted by Gasteiger charge is -2.06. The molecule has 3 aromatic heterocycles. The van der Waals surface area contributed by atoms with Gasteiger partial charge in [0.25, 0.3) is 5.56 Å². The van der Waals surface area contributed by atoms with Gasteiger partial charge in [-0.25, -0.2) is 0 Å². The van der Waals surface area contributed by atoms with E-state index in [0.717, 1.165) is 11.1 Å². The number of fused-ring (bicyclic) bond motifs is 1. The van der Waals surface area contributed by atoms with Crippen molar-refractivity contribution in [2.24, 2.45) is 0 Å². The Kier molecular flexibility index (Phi) is 2.94. The zero-order chi connectivity index (χ0) is 15.8. The molecule has 0 unspecified atom stereocenters. The fourth-order valence-corrected chi connectivity index (χ4v) is 2.61. The Morgan fingerprint density at radius 2 is 1.74 bits per heavy atom. The van der Waals surface area contributed by atoms with Crippen LogP contribution in [0.15, 0.2) is 65.8 Å². The number of aromatic nitrogens is 4. The first kappa shape index (κ1) is 13.3. The van der Waals surface area contributed by atoms with E-state index < -0.39 is 0 Å². The molecule has 6 nitrogen and oxygen atoms in total. The lowest BCUT2D eigenvalue weighted by Crippen LogP contribution is -2.12. The van der Waals surface area contributed by atoms with Gasteiger partial charge in [0.15, 0.2) is 0 Å². The van der Waals surface area contributed by atoms with Crippen molar-refractivity contribution < 1.29 is 5.11 Å². The highest BCUT2D eigenvalue weighted by atomic mass is 16.3. The maximum Gasteiger partial charge on any atom is 0.262 e. The molecule has 2 N–H and O–H groups in total. The molecule has 0 bridgehead atoms. The van der Waals surface area contributed by atoms with Gasteiger partial charge in [0.1, 0.15) is 11.2 Å². The van der Waals surface area contributed by atoms with E-state index in [9.17, 15) is 9.90 Å². The van der Waals surface area contributed by atoms with Crippen LogP contribution >= 0.6 is 0 Å². The molecule has 4 rings (SSSR count). The average Bonchev–Trinajstić information content (AvgIpc) is 3.00. The van der Waals surface area contributed by atoms with Gasteiger partial charge in [0, 0.05) is 18.0 Å². The number of pyridine rings is 1. The van der Waals surface area contributed by atoms with Gasteiger partial charge < -0.3 is 10.1 Å². The third kappa shape index (κ3) is 2.08. The van der Waals surface area contributed by atoms with Crippen molar-refractivity contribution in [2.45, 2.75) is 0 Å². The molecule has 0 fully saturated rings. The summed E-state index contributed by atoms with van der Waals surface area (Å²) in [7, 11) is 0. The Labute approximate surface area is 130 Å². The number of rotatable bonds is 2. The van der Waals surface area contributed by atoms with E-state index in [0.29, 0.717) is 11.2 Å². The molecule has 1 aromatic carbocycles. The third-order valence-corrected chi connectivity index (χ3v) is 3.71. The number of nitrogens with zero attached hydrogens (tertiary/aromatic N) is 3. The molecule has 6 heteroatoms. The standard InChI is InChI=1S/C17H12N4O2/c22-16-14(12-4-2-1-3-5-12)17(23)21-15(20-16)13(10-19-21)11-6-8-18-9-7-11/h1-10,23H,(H,20,22). The largest absolute Gasteiger partial charge is 0.493 e.